The van der Waals surface area contributed by atoms with Crippen LogP contribution in [0.4, 0.5) is 0 Å². The number of carbonyl (C=O) groups is 1. The van der Waals surface area contributed by atoms with E-state index < -0.39 is 0 Å². The predicted molar refractivity (Wildman–Crippen MR) is 80.3 cm³/mol. The molecule has 1 aliphatic heterocycles. The highest BCUT2D eigenvalue weighted by atomic mass is 16.1. The lowest BCUT2D eigenvalue weighted by atomic mass is 9.84. The van der Waals surface area contributed by atoms with E-state index in [-0.39, 0.29) is 12.7 Å². The Morgan fingerprint density at radius 2 is 2.11 bits per heavy atom. The summed E-state index contributed by atoms with van der Waals surface area (Å²) in [6.45, 7) is 9.05. The number of hydrogen-bond donors (Lipinski definition) is 1. The second-order valence-electron chi connectivity index (χ2n) is 6.37. The minimum Gasteiger partial charge on any atom is -0.358 e. The highest BCUT2D eigenvalue weighted by molar-refractivity contribution is 5.77. The second-order valence-corrected chi connectivity index (χ2v) is 6.37. The molecule has 0 aliphatic carbocycles. The fraction of sp³-hybridized carbons (Fsp3) is 0.562. The Morgan fingerprint density at radius 1 is 1.37 bits per heavy atom. The fourth-order valence-electron chi connectivity index (χ4n) is 2.50. The van der Waals surface area contributed by atoms with Crippen LogP contribution < -0.4 is 5.32 Å². The Morgan fingerprint density at radius 3 is 2.74 bits per heavy atom. The first kappa shape index (κ1) is 14.1. The molecule has 1 amide bonds. The number of rotatable bonds is 2. The molecule has 0 radical (unpaired) electrons. The van der Waals surface area contributed by atoms with Crippen molar-refractivity contribution in [2.45, 2.75) is 39.2 Å². The largest absolute Gasteiger partial charge is 0.358 e. The topological polar surface area (TPSA) is 32.3 Å². The molecule has 0 bridgehead atoms. The number of hydrogen-bond acceptors (Lipinski definition) is 2. The first-order chi connectivity index (χ1) is 8.90. The molecule has 2 rings (SSSR count). The third-order valence-corrected chi connectivity index (χ3v) is 3.81. The number of amides is 1. The Bertz CT molecular complexity index is 480. The maximum Gasteiger partial charge on any atom is 0.233 e. The number of nitrogens with one attached hydrogen (secondary N) is 1. The van der Waals surface area contributed by atoms with Crippen molar-refractivity contribution in [3.63, 3.8) is 0 Å². The van der Waals surface area contributed by atoms with Crippen molar-refractivity contribution >= 4 is 5.91 Å². The van der Waals surface area contributed by atoms with E-state index in [9.17, 15) is 4.79 Å². The van der Waals surface area contributed by atoms with Gasteiger partial charge in [-0.1, -0.05) is 39.0 Å². The predicted octanol–water partition coefficient (Wildman–Crippen LogP) is 2.33. The summed E-state index contributed by atoms with van der Waals surface area (Å²) in [6, 6.07) is 6.81. The first-order valence-electron chi connectivity index (χ1n) is 6.95. The maximum absolute atomic E-state index is 11.5. The third-order valence-electron chi connectivity index (χ3n) is 3.81. The molecule has 0 aromatic heterocycles. The van der Waals surface area contributed by atoms with Crippen LogP contribution in [0.3, 0.4) is 0 Å². The lowest BCUT2D eigenvalue weighted by molar-refractivity contribution is -0.121. The number of benzene rings is 1. The third kappa shape index (κ3) is 3.35. The van der Waals surface area contributed by atoms with E-state index >= 15 is 0 Å². The van der Waals surface area contributed by atoms with Gasteiger partial charge in [-0.2, -0.15) is 0 Å². The van der Waals surface area contributed by atoms with Crippen LogP contribution in [-0.2, 0) is 23.2 Å². The van der Waals surface area contributed by atoms with Crippen molar-refractivity contribution in [3.8, 4) is 0 Å². The molecule has 0 atom stereocenters. The normalized spacial score (nSPS) is 16.0. The minimum absolute atomic E-state index is 0. The number of nitrogens with zero attached hydrogens (tertiary/aromatic N) is 1. The van der Waals surface area contributed by atoms with Crippen molar-refractivity contribution in [3.05, 3.63) is 34.9 Å². The van der Waals surface area contributed by atoms with Crippen LogP contribution in [0.1, 0.15) is 38.9 Å². The first-order valence-corrected chi connectivity index (χ1v) is 6.95. The zero-order chi connectivity index (χ0) is 14.0. The summed E-state index contributed by atoms with van der Waals surface area (Å²) in [5.74, 6) is 0.0930. The van der Waals surface area contributed by atoms with Gasteiger partial charge >= 0.3 is 0 Å². The summed E-state index contributed by atoms with van der Waals surface area (Å²) in [5.41, 5.74) is 4.36. The van der Waals surface area contributed by atoms with Crippen LogP contribution in [0.2, 0.25) is 0 Å². The molecule has 0 spiro atoms. The molecule has 0 saturated carbocycles. The number of likely N-dealkylation sites (N-methyl/N-ethyl adjacent to an activating group) is 1. The standard InChI is InChI=1S/C16H24N2O.H2/c1-16(2,3)14-6-5-12-7-8-18(10-13(12)9-14)11-15(19)17-4;/h5-6,9H,7-8,10-11H2,1-4H3,(H,17,19);1H. The molecule has 1 heterocycles. The highest BCUT2D eigenvalue weighted by Gasteiger charge is 2.21. The minimum atomic E-state index is 0. The zero-order valence-corrected chi connectivity index (χ0v) is 12.4. The SMILES string of the molecule is CNC(=O)CN1CCc2ccc(C(C)(C)C)cc2C1.[HH]. The molecule has 0 fully saturated rings. The fourth-order valence-corrected chi connectivity index (χ4v) is 2.50. The zero-order valence-electron chi connectivity index (χ0n) is 12.4. The van der Waals surface area contributed by atoms with Crippen molar-refractivity contribution < 1.29 is 6.22 Å². The van der Waals surface area contributed by atoms with Gasteiger partial charge in [0.2, 0.25) is 5.91 Å². The molecule has 19 heavy (non-hydrogen) atoms. The van der Waals surface area contributed by atoms with Gasteiger partial charge in [0, 0.05) is 21.6 Å². The van der Waals surface area contributed by atoms with Gasteiger partial charge in [-0.3, -0.25) is 9.69 Å². The highest BCUT2D eigenvalue weighted by Crippen LogP contribution is 2.27. The van der Waals surface area contributed by atoms with Crippen LogP contribution in [0.5, 0.6) is 0 Å². The van der Waals surface area contributed by atoms with Gasteiger partial charge < -0.3 is 5.32 Å². The van der Waals surface area contributed by atoms with Crippen molar-refractivity contribution in [1.29, 1.82) is 0 Å². The quantitative estimate of drug-likeness (QED) is 0.887. The molecule has 106 valence electrons. The molecule has 1 aromatic carbocycles. The van der Waals surface area contributed by atoms with Crippen molar-refractivity contribution in [2.75, 3.05) is 20.1 Å². The molecule has 0 saturated heterocycles. The van der Waals surface area contributed by atoms with E-state index in [1.54, 1.807) is 7.05 Å². The average Bonchev–Trinajstić information content (AvgIpc) is 2.36. The van der Waals surface area contributed by atoms with Gasteiger partial charge in [0.15, 0.2) is 0 Å². The second kappa shape index (κ2) is 5.33. The monoisotopic (exact) mass is 262 g/mol. The molecule has 0 unspecified atom stereocenters. The summed E-state index contributed by atoms with van der Waals surface area (Å²) in [4.78, 5) is 13.7. The van der Waals surface area contributed by atoms with Crippen LogP contribution >= 0.6 is 0 Å². The summed E-state index contributed by atoms with van der Waals surface area (Å²) in [5, 5.41) is 2.69. The molecule has 1 aliphatic rings. The van der Waals surface area contributed by atoms with Gasteiger partial charge in [-0.05, 0) is 28.5 Å². The molecular weight excluding hydrogens is 236 g/mol. The van der Waals surface area contributed by atoms with Crippen molar-refractivity contribution in [1.82, 2.24) is 10.2 Å². The summed E-state index contributed by atoms with van der Waals surface area (Å²) < 4.78 is 0. The smallest absolute Gasteiger partial charge is 0.233 e. The Labute approximate surface area is 117 Å². The molecule has 3 nitrogen and oxygen atoms in total. The van der Waals surface area contributed by atoms with E-state index in [0.717, 1.165) is 19.5 Å². The Balaban J connectivity index is 0.00000200. The molecule has 1 aromatic rings. The van der Waals surface area contributed by atoms with E-state index in [4.69, 9.17) is 0 Å². The van der Waals surface area contributed by atoms with Gasteiger partial charge in [0.1, 0.15) is 0 Å². The summed E-state index contributed by atoms with van der Waals surface area (Å²) >= 11 is 0. The number of fused-ring (bicyclic) bond motifs is 1. The average molecular weight is 262 g/mol. The van der Waals surface area contributed by atoms with Gasteiger partial charge in [-0.25, -0.2) is 0 Å². The molecular formula is C16H26N2O. The van der Waals surface area contributed by atoms with Crippen LogP contribution in [0.15, 0.2) is 18.2 Å². The van der Waals surface area contributed by atoms with Gasteiger partial charge in [0.25, 0.3) is 0 Å². The van der Waals surface area contributed by atoms with Crippen LogP contribution in [0, 0.1) is 0 Å². The van der Waals surface area contributed by atoms with Crippen LogP contribution in [0.25, 0.3) is 0 Å². The Hall–Kier alpha value is -1.35. The maximum atomic E-state index is 11.5. The lowest BCUT2D eigenvalue weighted by Gasteiger charge is -2.30. The molecule has 3 heteroatoms. The van der Waals surface area contributed by atoms with Gasteiger partial charge in [-0.15, -0.1) is 0 Å². The van der Waals surface area contributed by atoms with E-state index in [1.165, 1.54) is 16.7 Å². The van der Waals surface area contributed by atoms with Gasteiger partial charge in [0.05, 0.1) is 6.54 Å². The summed E-state index contributed by atoms with van der Waals surface area (Å²) in [7, 11) is 1.69. The molecule has 1 N–H and O–H groups in total. The summed E-state index contributed by atoms with van der Waals surface area (Å²) in [6.07, 6.45) is 1.04. The number of carbonyl (C=O) groups excluding carboxylic acids is 1. The lowest BCUT2D eigenvalue weighted by Crippen LogP contribution is -2.38. The van der Waals surface area contributed by atoms with E-state index in [1.807, 2.05) is 0 Å². The Kier molecular flexibility index (Phi) is 3.95. The van der Waals surface area contributed by atoms with Crippen molar-refractivity contribution in [2.24, 2.45) is 0 Å². The van der Waals surface area contributed by atoms with E-state index in [2.05, 4.69) is 49.2 Å². The van der Waals surface area contributed by atoms with E-state index in [0.29, 0.717) is 6.54 Å². The van der Waals surface area contributed by atoms with Crippen LogP contribution in [-0.4, -0.2) is 30.9 Å².